The highest BCUT2D eigenvalue weighted by molar-refractivity contribution is 7.17. The summed E-state index contributed by atoms with van der Waals surface area (Å²) in [5.41, 5.74) is 2.12. The Hall–Kier alpha value is -2.38. The van der Waals surface area contributed by atoms with Crippen LogP contribution in [0.5, 0.6) is 0 Å². The minimum atomic E-state index is -0.325. The zero-order valence-electron chi connectivity index (χ0n) is 10.6. The molecule has 0 aliphatic carbocycles. The molecule has 1 heterocycles. The predicted molar refractivity (Wildman–Crippen MR) is 80.3 cm³/mol. The number of anilines is 1. The van der Waals surface area contributed by atoms with Gasteiger partial charge in [-0.2, -0.15) is 5.26 Å². The summed E-state index contributed by atoms with van der Waals surface area (Å²) in [6.07, 6.45) is 0. The first kappa shape index (κ1) is 12.6. The quantitative estimate of drug-likeness (QED) is 0.766. The maximum atomic E-state index is 13.2. The first-order valence-corrected chi connectivity index (χ1v) is 7.04. The molecule has 3 rings (SSSR count). The largest absolute Gasteiger partial charge is 0.381 e. The van der Waals surface area contributed by atoms with Gasteiger partial charge in [0.05, 0.1) is 11.6 Å². The number of nitriles is 1. The van der Waals surface area contributed by atoms with E-state index in [1.807, 2.05) is 6.07 Å². The molecule has 2 aromatic carbocycles. The Balaban J connectivity index is 1.82. The molecule has 0 atom stereocenters. The van der Waals surface area contributed by atoms with Crippen molar-refractivity contribution in [3.05, 3.63) is 64.8 Å². The van der Waals surface area contributed by atoms with Gasteiger partial charge in [0.15, 0.2) is 0 Å². The summed E-state index contributed by atoms with van der Waals surface area (Å²) in [7, 11) is 0. The first-order chi connectivity index (χ1) is 9.76. The van der Waals surface area contributed by atoms with Gasteiger partial charge in [0, 0.05) is 16.9 Å². The van der Waals surface area contributed by atoms with Gasteiger partial charge < -0.3 is 5.32 Å². The highest BCUT2D eigenvalue weighted by Gasteiger charge is 2.04. The summed E-state index contributed by atoms with van der Waals surface area (Å²) in [4.78, 5) is 0. The van der Waals surface area contributed by atoms with Crippen molar-refractivity contribution in [3.8, 4) is 6.07 Å². The van der Waals surface area contributed by atoms with E-state index in [0.717, 1.165) is 5.69 Å². The lowest BCUT2D eigenvalue weighted by Gasteiger charge is -2.08. The number of hydrogen-bond donors (Lipinski definition) is 1. The molecule has 0 fully saturated rings. The molecule has 20 heavy (non-hydrogen) atoms. The van der Waals surface area contributed by atoms with Crippen LogP contribution in [0.4, 0.5) is 10.1 Å². The third kappa shape index (κ3) is 2.49. The summed E-state index contributed by atoms with van der Waals surface area (Å²) < 4.78 is 14.5. The van der Waals surface area contributed by atoms with Gasteiger partial charge >= 0.3 is 0 Å². The second-order valence-corrected chi connectivity index (χ2v) is 5.39. The van der Waals surface area contributed by atoms with E-state index in [0.29, 0.717) is 17.7 Å². The minimum absolute atomic E-state index is 0.325. The molecule has 0 saturated carbocycles. The van der Waals surface area contributed by atoms with Crippen molar-refractivity contribution < 1.29 is 4.39 Å². The van der Waals surface area contributed by atoms with E-state index < -0.39 is 0 Å². The lowest BCUT2D eigenvalue weighted by atomic mass is 10.1. The Morgan fingerprint density at radius 2 is 2.05 bits per heavy atom. The van der Waals surface area contributed by atoms with E-state index in [4.69, 9.17) is 5.26 Å². The first-order valence-electron chi connectivity index (χ1n) is 6.16. The number of thiophene rings is 1. The van der Waals surface area contributed by atoms with Crippen LogP contribution in [-0.2, 0) is 6.54 Å². The number of nitrogens with zero attached hydrogens (tertiary/aromatic N) is 1. The van der Waals surface area contributed by atoms with Crippen molar-refractivity contribution in [2.45, 2.75) is 6.54 Å². The fraction of sp³-hybridized carbons (Fsp3) is 0.0625. The van der Waals surface area contributed by atoms with E-state index in [9.17, 15) is 4.39 Å². The van der Waals surface area contributed by atoms with Gasteiger partial charge in [0.25, 0.3) is 0 Å². The lowest BCUT2D eigenvalue weighted by Crippen LogP contribution is -2.02. The Bertz CT molecular complexity index is 802. The topological polar surface area (TPSA) is 35.8 Å². The zero-order valence-corrected chi connectivity index (χ0v) is 11.4. The van der Waals surface area contributed by atoms with E-state index in [-0.39, 0.29) is 5.82 Å². The third-order valence-corrected chi connectivity index (χ3v) is 4.02. The summed E-state index contributed by atoms with van der Waals surface area (Å²) in [6, 6.07) is 14.5. The monoisotopic (exact) mass is 282 g/mol. The summed E-state index contributed by atoms with van der Waals surface area (Å²) >= 11 is 1.70. The number of halogens is 1. The predicted octanol–water partition coefficient (Wildman–Crippen LogP) is 4.52. The molecule has 1 N–H and O–H groups in total. The Morgan fingerprint density at radius 1 is 1.15 bits per heavy atom. The number of fused-ring (bicyclic) bond motifs is 1. The van der Waals surface area contributed by atoms with Gasteiger partial charge in [-0.05, 0) is 58.8 Å². The summed E-state index contributed by atoms with van der Waals surface area (Å²) in [6.45, 7) is 0.427. The van der Waals surface area contributed by atoms with Crippen LogP contribution in [0, 0.1) is 17.1 Å². The molecule has 3 aromatic rings. The Morgan fingerprint density at radius 3 is 2.90 bits per heavy atom. The maximum absolute atomic E-state index is 13.2. The van der Waals surface area contributed by atoms with Crippen LogP contribution in [0.1, 0.15) is 11.1 Å². The van der Waals surface area contributed by atoms with Crippen molar-refractivity contribution in [1.29, 1.82) is 5.26 Å². The van der Waals surface area contributed by atoms with Crippen LogP contribution >= 0.6 is 11.3 Å². The molecule has 98 valence electrons. The third-order valence-electron chi connectivity index (χ3n) is 3.12. The molecular formula is C16H11FN2S. The standard InChI is InChI=1S/C16H11FN2S/c17-14-2-1-12(9-18)13(7-14)10-19-15-3-4-16-11(8-15)5-6-20-16/h1-8,19H,10H2. The normalized spacial score (nSPS) is 10.4. The molecule has 0 aliphatic rings. The van der Waals surface area contributed by atoms with Crippen molar-refractivity contribution in [2.24, 2.45) is 0 Å². The van der Waals surface area contributed by atoms with Crippen molar-refractivity contribution >= 4 is 27.1 Å². The minimum Gasteiger partial charge on any atom is -0.381 e. The number of hydrogen-bond acceptors (Lipinski definition) is 3. The van der Waals surface area contributed by atoms with Crippen LogP contribution in [-0.4, -0.2) is 0 Å². The number of rotatable bonds is 3. The Kier molecular flexibility index (Phi) is 3.36. The van der Waals surface area contributed by atoms with Gasteiger partial charge in [-0.3, -0.25) is 0 Å². The molecule has 0 radical (unpaired) electrons. The van der Waals surface area contributed by atoms with E-state index in [2.05, 4.69) is 35.0 Å². The molecule has 1 aromatic heterocycles. The summed E-state index contributed by atoms with van der Waals surface area (Å²) in [5, 5.41) is 15.5. The van der Waals surface area contributed by atoms with Crippen molar-refractivity contribution in [1.82, 2.24) is 0 Å². The average molecular weight is 282 g/mol. The molecule has 0 spiro atoms. The van der Waals surface area contributed by atoms with Crippen molar-refractivity contribution in [3.63, 3.8) is 0 Å². The van der Waals surface area contributed by atoms with Crippen LogP contribution in [0.15, 0.2) is 47.8 Å². The van der Waals surface area contributed by atoms with E-state index in [1.54, 1.807) is 11.3 Å². The molecule has 4 heteroatoms. The fourth-order valence-electron chi connectivity index (χ4n) is 2.09. The maximum Gasteiger partial charge on any atom is 0.123 e. The molecular weight excluding hydrogens is 271 g/mol. The van der Waals surface area contributed by atoms with Crippen molar-refractivity contribution in [2.75, 3.05) is 5.32 Å². The van der Waals surface area contributed by atoms with Crippen LogP contribution in [0.3, 0.4) is 0 Å². The molecule has 0 bridgehead atoms. The molecule has 2 nitrogen and oxygen atoms in total. The molecule has 0 amide bonds. The van der Waals surface area contributed by atoms with Gasteiger partial charge in [0.1, 0.15) is 5.82 Å². The van der Waals surface area contributed by atoms with Crippen LogP contribution < -0.4 is 5.32 Å². The van der Waals surface area contributed by atoms with Gasteiger partial charge in [0.2, 0.25) is 0 Å². The second-order valence-electron chi connectivity index (χ2n) is 4.44. The summed E-state index contributed by atoms with van der Waals surface area (Å²) in [5.74, 6) is -0.325. The second kappa shape index (κ2) is 5.32. The lowest BCUT2D eigenvalue weighted by molar-refractivity contribution is 0.625. The SMILES string of the molecule is N#Cc1ccc(F)cc1CNc1ccc2sccc2c1. The fourth-order valence-corrected chi connectivity index (χ4v) is 2.86. The highest BCUT2D eigenvalue weighted by atomic mass is 32.1. The average Bonchev–Trinajstić information content (AvgIpc) is 2.92. The van der Waals surface area contributed by atoms with E-state index >= 15 is 0 Å². The van der Waals surface area contributed by atoms with E-state index in [1.165, 1.54) is 28.3 Å². The smallest absolute Gasteiger partial charge is 0.123 e. The number of benzene rings is 2. The molecule has 0 aliphatic heterocycles. The molecule has 0 saturated heterocycles. The van der Waals surface area contributed by atoms with Gasteiger partial charge in [-0.25, -0.2) is 4.39 Å². The van der Waals surface area contributed by atoms with Gasteiger partial charge in [-0.15, -0.1) is 11.3 Å². The Labute approximate surface area is 120 Å². The van der Waals surface area contributed by atoms with Crippen LogP contribution in [0.25, 0.3) is 10.1 Å². The zero-order chi connectivity index (χ0) is 13.9. The molecule has 0 unspecified atom stereocenters. The van der Waals surface area contributed by atoms with Gasteiger partial charge in [-0.1, -0.05) is 0 Å². The number of nitrogens with one attached hydrogen (secondary N) is 1. The highest BCUT2D eigenvalue weighted by Crippen LogP contribution is 2.24. The van der Waals surface area contributed by atoms with Crippen LogP contribution in [0.2, 0.25) is 0 Å².